The fourth-order valence-corrected chi connectivity index (χ4v) is 1.77. The predicted molar refractivity (Wildman–Crippen MR) is 77.7 cm³/mol. The highest BCUT2D eigenvalue weighted by atomic mass is 16.5. The number of nitrogen functional groups attached to an aromatic ring is 1. The lowest BCUT2D eigenvalue weighted by Crippen LogP contribution is -2.13. The van der Waals surface area contributed by atoms with Gasteiger partial charge in [-0.3, -0.25) is 4.79 Å². The Bertz CT molecular complexity index is 611. The van der Waals surface area contributed by atoms with Gasteiger partial charge in [-0.2, -0.15) is 0 Å². The van der Waals surface area contributed by atoms with Crippen LogP contribution in [0.5, 0.6) is 5.75 Å². The van der Waals surface area contributed by atoms with Gasteiger partial charge < -0.3 is 15.5 Å². The van der Waals surface area contributed by atoms with Crippen molar-refractivity contribution >= 4 is 17.4 Å². The molecule has 0 saturated carbocycles. The van der Waals surface area contributed by atoms with E-state index in [4.69, 9.17) is 10.6 Å². The lowest BCUT2D eigenvalue weighted by Gasteiger charge is -2.09. The maximum Gasteiger partial charge on any atom is 0.257 e. The van der Waals surface area contributed by atoms with E-state index in [1.807, 2.05) is 19.1 Å². The van der Waals surface area contributed by atoms with Gasteiger partial charge in [-0.05, 0) is 42.8 Å². The molecule has 1 amide bonds. The van der Waals surface area contributed by atoms with Crippen molar-refractivity contribution in [2.75, 3.05) is 17.9 Å². The van der Waals surface area contributed by atoms with Crippen molar-refractivity contribution in [3.05, 3.63) is 47.7 Å². The van der Waals surface area contributed by atoms with Gasteiger partial charge in [-0.1, -0.05) is 0 Å². The van der Waals surface area contributed by atoms with Gasteiger partial charge in [0, 0.05) is 11.9 Å². The minimum atomic E-state index is -0.231. The highest BCUT2D eigenvalue weighted by Gasteiger charge is 2.08. The number of benzene rings is 1. The Kier molecular flexibility index (Phi) is 4.17. The number of aromatic nitrogens is 1. The van der Waals surface area contributed by atoms with Gasteiger partial charge in [0.1, 0.15) is 11.6 Å². The number of nitrogens with two attached hydrogens (primary N) is 1. The number of anilines is 2. The normalized spacial score (nSPS) is 9.95. The van der Waals surface area contributed by atoms with Crippen molar-refractivity contribution in [2.24, 2.45) is 5.84 Å². The summed E-state index contributed by atoms with van der Waals surface area (Å²) >= 11 is 0. The summed E-state index contributed by atoms with van der Waals surface area (Å²) in [4.78, 5) is 16.0. The van der Waals surface area contributed by atoms with Crippen LogP contribution in [0.15, 0.2) is 36.5 Å². The maximum atomic E-state index is 12.0. The highest BCUT2D eigenvalue weighted by molar-refractivity contribution is 6.04. The fourth-order valence-electron chi connectivity index (χ4n) is 1.77. The fraction of sp³-hybridized carbons (Fsp3) is 0.143. The number of hydrazine groups is 1. The van der Waals surface area contributed by atoms with Crippen LogP contribution in [-0.2, 0) is 0 Å². The summed E-state index contributed by atoms with van der Waals surface area (Å²) in [6, 6.07) is 8.72. The van der Waals surface area contributed by atoms with Gasteiger partial charge in [0.25, 0.3) is 5.91 Å². The molecule has 0 aliphatic rings. The van der Waals surface area contributed by atoms with Crippen LogP contribution >= 0.6 is 0 Å². The Morgan fingerprint density at radius 1 is 1.30 bits per heavy atom. The summed E-state index contributed by atoms with van der Waals surface area (Å²) in [7, 11) is 1.61. The smallest absolute Gasteiger partial charge is 0.257 e. The van der Waals surface area contributed by atoms with Crippen molar-refractivity contribution in [3.8, 4) is 5.75 Å². The lowest BCUT2D eigenvalue weighted by atomic mass is 10.2. The van der Waals surface area contributed by atoms with E-state index < -0.39 is 0 Å². The topological polar surface area (TPSA) is 89.3 Å². The third-order valence-corrected chi connectivity index (χ3v) is 2.83. The zero-order valence-corrected chi connectivity index (χ0v) is 11.3. The monoisotopic (exact) mass is 272 g/mol. The predicted octanol–water partition coefficient (Wildman–Crippen LogP) is 1.94. The van der Waals surface area contributed by atoms with Crippen LogP contribution in [0, 0.1) is 6.92 Å². The van der Waals surface area contributed by atoms with Gasteiger partial charge in [-0.15, -0.1) is 0 Å². The Labute approximate surface area is 116 Å². The van der Waals surface area contributed by atoms with Crippen molar-refractivity contribution < 1.29 is 9.53 Å². The molecule has 104 valence electrons. The van der Waals surface area contributed by atoms with E-state index in [1.54, 1.807) is 25.3 Å². The first-order valence-electron chi connectivity index (χ1n) is 6.02. The van der Waals surface area contributed by atoms with Crippen LogP contribution in [0.2, 0.25) is 0 Å². The number of hydrogen-bond acceptors (Lipinski definition) is 5. The second-order valence-electron chi connectivity index (χ2n) is 4.21. The van der Waals surface area contributed by atoms with Crippen LogP contribution in [0.25, 0.3) is 0 Å². The molecule has 0 aliphatic carbocycles. The molecule has 0 atom stereocenters. The number of nitrogens with one attached hydrogen (secondary N) is 2. The molecule has 20 heavy (non-hydrogen) atoms. The first-order chi connectivity index (χ1) is 9.63. The van der Waals surface area contributed by atoms with Crippen LogP contribution in [-0.4, -0.2) is 18.0 Å². The Hall–Kier alpha value is -2.60. The molecule has 4 N–H and O–H groups in total. The average molecular weight is 272 g/mol. The highest BCUT2D eigenvalue weighted by Crippen LogP contribution is 2.21. The van der Waals surface area contributed by atoms with Crippen molar-refractivity contribution in [2.45, 2.75) is 6.92 Å². The Morgan fingerprint density at radius 2 is 2.10 bits per heavy atom. The molecule has 2 rings (SSSR count). The number of amides is 1. The zero-order chi connectivity index (χ0) is 14.5. The molecule has 6 heteroatoms. The third-order valence-electron chi connectivity index (χ3n) is 2.83. The van der Waals surface area contributed by atoms with Crippen LogP contribution in [0.3, 0.4) is 0 Å². The van der Waals surface area contributed by atoms with E-state index in [1.165, 1.54) is 6.20 Å². The number of methoxy groups -OCH3 is 1. The molecule has 0 radical (unpaired) electrons. The van der Waals surface area contributed by atoms with E-state index in [9.17, 15) is 4.79 Å². The molecule has 0 unspecified atom stereocenters. The molecule has 0 fully saturated rings. The minimum Gasteiger partial charge on any atom is -0.496 e. The number of aryl methyl sites for hydroxylation is 1. The molecular formula is C14H16N4O2. The Morgan fingerprint density at radius 3 is 2.65 bits per heavy atom. The third kappa shape index (κ3) is 3.04. The van der Waals surface area contributed by atoms with E-state index in [-0.39, 0.29) is 5.91 Å². The zero-order valence-electron chi connectivity index (χ0n) is 11.3. The first-order valence-corrected chi connectivity index (χ1v) is 6.02. The number of pyridine rings is 1. The van der Waals surface area contributed by atoms with Gasteiger partial charge in [0.2, 0.25) is 0 Å². The summed E-state index contributed by atoms with van der Waals surface area (Å²) in [5.74, 6) is 6.27. The van der Waals surface area contributed by atoms with Crippen LogP contribution < -0.4 is 21.3 Å². The van der Waals surface area contributed by atoms with Crippen molar-refractivity contribution in [3.63, 3.8) is 0 Å². The van der Waals surface area contributed by atoms with E-state index in [0.717, 1.165) is 11.3 Å². The molecule has 1 aromatic heterocycles. The van der Waals surface area contributed by atoms with E-state index in [2.05, 4.69) is 15.7 Å². The van der Waals surface area contributed by atoms with Crippen molar-refractivity contribution in [1.82, 2.24) is 4.98 Å². The van der Waals surface area contributed by atoms with E-state index in [0.29, 0.717) is 17.1 Å². The molecule has 0 bridgehead atoms. The van der Waals surface area contributed by atoms with Crippen molar-refractivity contribution in [1.29, 1.82) is 0 Å². The SMILES string of the molecule is COc1ccc(NC(=O)c2ccc(NN)nc2)cc1C. The van der Waals surface area contributed by atoms with Gasteiger partial charge in [-0.25, -0.2) is 10.8 Å². The second kappa shape index (κ2) is 6.03. The van der Waals surface area contributed by atoms with E-state index >= 15 is 0 Å². The molecule has 0 saturated heterocycles. The summed E-state index contributed by atoms with van der Waals surface area (Å²) in [6.07, 6.45) is 1.46. The molecule has 2 aromatic rings. The average Bonchev–Trinajstić information content (AvgIpc) is 2.47. The first kappa shape index (κ1) is 13.8. The largest absolute Gasteiger partial charge is 0.496 e. The van der Waals surface area contributed by atoms with Gasteiger partial charge in [0.15, 0.2) is 0 Å². The van der Waals surface area contributed by atoms with Gasteiger partial charge in [0.05, 0.1) is 12.7 Å². The number of hydrogen-bond donors (Lipinski definition) is 3. The van der Waals surface area contributed by atoms with Crippen LogP contribution in [0.4, 0.5) is 11.5 Å². The summed E-state index contributed by atoms with van der Waals surface area (Å²) < 4.78 is 5.17. The summed E-state index contributed by atoms with van der Waals surface area (Å²) in [5, 5.41) is 2.80. The molecule has 0 spiro atoms. The maximum absolute atomic E-state index is 12.0. The van der Waals surface area contributed by atoms with Gasteiger partial charge >= 0.3 is 0 Å². The molecule has 1 heterocycles. The number of carbonyl (C=O) groups is 1. The molecule has 1 aromatic carbocycles. The minimum absolute atomic E-state index is 0.231. The summed E-state index contributed by atoms with van der Waals surface area (Å²) in [5.41, 5.74) is 4.52. The number of carbonyl (C=O) groups excluding carboxylic acids is 1. The molecule has 0 aliphatic heterocycles. The lowest BCUT2D eigenvalue weighted by molar-refractivity contribution is 0.102. The molecular weight excluding hydrogens is 256 g/mol. The Balaban J connectivity index is 2.12. The summed E-state index contributed by atoms with van der Waals surface area (Å²) in [6.45, 7) is 1.91. The molecule has 6 nitrogen and oxygen atoms in total. The van der Waals surface area contributed by atoms with Crippen LogP contribution in [0.1, 0.15) is 15.9 Å². The number of nitrogens with zero attached hydrogens (tertiary/aromatic N) is 1. The standard InChI is InChI=1S/C14H16N4O2/c1-9-7-11(4-5-12(9)20-2)17-14(19)10-3-6-13(18-15)16-8-10/h3-8H,15H2,1-2H3,(H,16,18)(H,17,19). The quantitative estimate of drug-likeness (QED) is 0.584. The number of ether oxygens (including phenoxy) is 1. The second-order valence-corrected chi connectivity index (χ2v) is 4.21. The number of rotatable bonds is 4.